The summed E-state index contributed by atoms with van der Waals surface area (Å²) < 4.78 is 36.8. The van der Waals surface area contributed by atoms with Gasteiger partial charge in [0.05, 0.1) is 0 Å². The van der Waals surface area contributed by atoms with Gasteiger partial charge in [-0.05, 0) is 19.9 Å². The number of rotatable bonds is 4. The average Bonchev–Trinajstić information content (AvgIpc) is 2.84. The second-order valence-corrected chi connectivity index (χ2v) is 5.23. The number of likely N-dealkylation sites (N-methyl/N-ethyl adjacent to an activating group) is 1. The van der Waals surface area contributed by atoms with E-state index < -0.39 is 12.6 Å². The Hall–Kier alpha value is -1.15. The molecule has 0 aromatic carbocycles. The second kappa shape index (κ2) is 6.09. The highest BCUT2D eigenvalue weighted by molar-refractivity contribution is 5.98. The Morgan fingerprint density at radius 2 is 2.20 bits per heavy atom. The first kappa shape index (κ1) is 15.2. The van der Waals surface area contributed by atoms with Crippen LogP contribution in [0, 0.1) is 0 Å². The highest BCUT2D eigenvalue weighted by Crippen LogP contribution is 2.25. The molecule has 1 saturated heterocycles. The van der Waals surface area contributed by atoms with Gasteiger partial charge in [-0.15, -0.1) is 0 Å². The SMILES string of the molecule is CN[C@@H]1CCN(C2CC(CCC(F)(F)F)=NC(N)=N2)C1. The molecule has 1 fully saturated rings. The fourth-order valence-corrected chi connectivity index (χ4v) is 2.59. The second-order valence-electron chi connectivity index (χ2n) is 5.23. The molecule has 114 valence electrons. The van der Waals surface area contributed by atoms with E-state index in [1.807, 2.05) is 7.05 Å². The summed E-state index contributed by atoms with van der Waals surface area (Å²) in [7, 11) is 1.91. The van der Waals surface area contributed by atoms with Crippen molar-refractivity contribution in [3.05, 3.63) is 0 Å². The molecule has 2 aliphatic heterocycles. The molecule has 0 aromatic rings. The molecule has 0 aliphatic carbocycles. The van der Waals surface area contributed by atoms with E-state index in [1.165, 1.54) is 0 Å². The Bertz CT molecular complexity index is 404. The summed E-state index contributed by atoms with van der Waals surface area (Å²) in [6.07, 6.45) is -3.84. The van der Waals surface area contributed by atoms with Crippen LogP contribution in [-0.2, 0) is 0 Å². The van der Waals surface area contributed by atoms with Gasteiger partial charge in [-0.3, -0.25) is 4.90 Å². The van der Waals surface area contributed by atoms with Crippen molar-refractivity contribution in [3.63, 3.8) is 0 Å². The first-order valence-corrected chi connectivity index (χ1v) is 6.75. The van der Waals surface area contributed by atoms with Crippen LogP contribution < -0.4 is 11.1 Å². The molecule has 8 heteroatoms. The zero-order chi connectivity index (χ0) is 14.8. The van der Waals surface area contributed by atoms with Crippen LogP contribution in [0.2, 0.25) is 0 Å². The van der Waals surface area contributed by atoms with Gasteiger partial charge in [0.2, 0.25) is 5.96 Å². The van der Waals surface area contributed by atoms with E-state index in [2.05, 4.69) is 20.2 Å². The number of nitrogens with zero attached hydrogens (tertiary/aromatic N) is 3. The average molecular weight is 291 g/mol. The number of aliphatic imine (C=N–C) groups is 2. The van der Waals surface area contributed by atoms with Crippen LogP contribution >= 0.6 is 0 Å². The van der Waals surface area contributed by atoms with Gasteiger partial charge < -0.3 is 11.1 Å². The number of hydrogen-bond acceptors (Lipinski definition) is 5. The van der Waals surface area contributed by atoms with E-state index in [0.717, 1.165) is 19.5 Å². The Morgan fingerprint density at radius 1 is 1.45 bits per heavy atom. The third kappa shape index (κ3) is 4.17. The predicted molar refractivity (Wildman–Crippen MR) is 71.8 cm³/mol. The van der Waals surface area contributed by atoms with E-state index in [9.17, 15) is 13.2 Å². The topological polar surface area (TPSA) is 66.0 Å². The highest BCUT2D eigenvalue weighted by atomic mass is 19.4. The lowest BCUT2D eigenvalue weighted by Gasteiger charge is -2.27. The Balaban J connectivity index is 1.93. The third-order valence-electron chi connectivity index (χ3n) is 3.72. The smallest absolute Gasteiger partial charge is 0.368 e. The van der Waals surface area contributed by atoms with Gasteiger partial charge in [-0.25, -0.2) is 9.98 Å². The minimum atomic E-state index is -4.16. The van der Waals surface area contributed by atoms with Gasteiger partial charge in [-0.2, -0.15) is 13.2 Å². The summed E-state index contributed by atoms with van der Waals surface area (Å²) in [5, 5.41) is 3.20. The quantitative estimate of drug-likeness (QED) is 0.815. The van der Waals surface area contributed by atoms with Crippen LogP contribution in [0.1, 0.15) is 25.7 Å². The van der Waals surface area contributed by atoms with Crippen LogP contribution in [-0.4, -0.2) is 55.1 Å². The normalized spacial score (nSPS) is 28.4. The van der Waals surface area contributed by atoms with E-state index in [-0.39, 0.29) is 18.5 Å². The Morgan fingerprint density at radius 3 is 2.80 bits per heavy atom. The Labute approximate surface area is 116 Å². The van der Waals surface area contributed by atoms with Crippen LogP contribution in [0.3, 0.4) is 0 Å². The number of alkyl halides is 3. The van der Waals surface area contributed by atoms with Crippen molar-refractivity contribution in [1.29, 1.82) is 0 Å². The zero-order valence-electron chi connectivity index (χ0n) is 11.5. The van der Waals surface area contributed by atoms with Crippen molar-refractivity contribution in [3.8, 4) is 0 Å². The van der Waals surface area contributed by atoms with Gasteiger partial charge in [0.1, 0.15) is 6.17 Å². The van der Waals surface area contributed by atoms with E-state index >= 15 is 0 Å². The van der Waals surface area contributed by atoms with E-state index in [1.54, 1.807) is 0 Å². The first-order chi connectivity index (χ1) is 9.37. The van der Waals surface area contributed by atoms with Gasteiger partial charge in [0, 0.05) is 37.7 Å². The van der Waals surface area contributed by atoms with Gasteiger partial charge in [0.15, 0.2) is 0 Å². The van der Waals surface area contributed by atoms with Crippen molar-refractivity contribution >= 4 is 11.7 Å². The molecule has 0 radical (unpaired) electrons. The minimum Gasteiger partial charge on any atom is -0.368 e. The number of guanidine groups is 1. The molecule has 2 aliphatic rings. The van der Waals surface area contributed by atoms with Crippen LogP contribution in [0.25, 0.3) is 0 Å². The van der Waals surface area contributed by atoms with Crippen molar-refractivity contribution in [2.45, 2.75) is 44.1 Å². The van der Waals surface area contributed by atoms with Crippen molar-refractivity contribution in [2.75, 3.05) is 20.1 Å². The zero-order valence-corrected chi connectivity index (χ0v) is 11.5. The summed E-state index contributed by atoms with van der Waals surface area (Å²) in [4.78, 5) is 10.3. The van der Waals surface area contributed by atoms with Gasteiger partial charge in [0.25, 0.3) is 0 Å². The first-order valence-electron chi connectivity index (χ1n) is 6.75. The van der Waals surface area contributed by atoms with Crippen LogP contribution in [0.5, 0.6) is 0 Å². The van der Waals surface area contributed by atoms with E-state index in [0.29, 0.717) is 18.2 Å². The summed E-state index contributed by atoms with van der Waals surface area (Å²) >= 11 is 0. The van der Waals surface area contributed by atoms with Crippen LogP contribution in [0.4, 0.5) is 13.2 Å². The van der Waals surface area contributed by atoms with Gasteiger partial charge in [-0.1, -0.05) is 0 Å². The molecule has 2 rings (SSSR count). The fourth-order valence-electron chi connectivity index (χ4n) is 2.59. The lowest BCUT2D eigenvalue weighted by molar-refractivity contribution is -0.132. The van der Waals surface area contributed by atoms with Crippen LogP contribution in [0.15, 0.2) is 9.98 Å². The molecule has 5 nitrogen and oxygen atoms in total. The molecule has 0 amide bonds. The molecular weight excluding hydrogens is 271 g/mol. The number of hydrogen-bond donors (Lipinski definition) is 2. The predicted octanol–water partition coefficient (Wildman–Crippen LogP) is 1.11. The number of nitrogens with one attached hydrogen (secondary N) is 1. The summed E-state index contributed by atoms with van der Waals surface area (Å²) in [6.45, 7) is 1.71. The fraction of sp³-hybridized carbons (Fsp3) is 0.833. The largest absolute Gasteiger partial charge is 0.389 e. The lowest BCUT2D eigenvalue weighted by atomic mass is 10.1. The maximum Gasteiger partial charge on any atom is 0.389 e. The number of likely N-dealkylation sites (tertiary alicyclic amines) is 1. The third-order valence-corrected chi connectivity index (χ3v) is 3.72. The summed E-state index contributed by atoms with van der Waals surface area (Å²) in [5.41, 5.74) is 6.12. The molecule has 2 heterocycles. The molecule has 0 spiro atoms. The number of nitrogens with two attached hydrogens (primary N) is 1. The molecular formula is C12H20F3N5. The molecule has 20 heavy (non-hydrogen) atoms. The van der Waals surface area contributed by atoms with Crippen molar-refractivity contribution in [2.24, 2.45) is 15.7 Å². The minimum absolute atomic E-state index is 0.0892. The van der Waals surface area contributed by atoms with E-state index in [4.69, 9.17) is 5.73 Å². The number of halogens is 3. The molecule has 2 atom stereocenters. The standard InChI is InChI=1S/C12H20F3N5/c1-17-9-3-5-20(7-9)10-6-8(18-11(16)19-10)2-4-12(13,14)15/h9-10,17H,2-7H2,1H3,(H2,16,19)/t9-,10?/m1/s1. The summed E-state index contributed by atoms with van der Waals surface area (Å²) in [5.74, 6) is 0.0892. The molecule has 1 unspecified atom stereocenters. The Kier molecular flexibility index (Phi) is 4.64. The van der Waals surface area contributed by atoms with Crippen molar-refractivity contribution < 1.29 is 13.2 Å². The van der Waals surface area contributed by atoms with Gasteiger partial charge >= 0.3 is 6.18 Å². The monoisotopic (exact) mass is 291 g/mol. The molecule has 0 aromatic heterocycles. The lowest BCUT2D eigenvalue weighted by Crippen LogP contribution is -2.40. The maximum atomic E-state index is 12.3. The highest BCUT2D eigenvalue weighted by Gasteiger charge is 2.32. The molecule has 3 N–H and O–H groups in total. The van der Waals surface area contributed by atoms with Crippen molar-refractivity contribution in [1.82, 2.24) is 10.2 Å². The summed E-state index contributed by atoms with van der Waals surface area (Å²) in [6, 6.07) is 0.406. The molecule has 0 bridgehead atoms. The maximum absolute atomic E-state index is 12.3. The molecule has 0 saturated carbocycles.